The Bertz CT molecular complexity index is 279. The van der Waals surface area contributed by atoms with Crippen molar-refractivity contribution in [2.75, 3.05) is 0 Å². The Morgan fingerprint density at radius 2 is 2.18 bits per heavy atom. The fourth-order valence-electron chi connectivity index (χ4n) is 1.22. The number of aromatic nitrogens is 1. The molecule has 1 aliphatic carbocycles. The molecule has 0 aliphatic heterocycles. The third-order valence-electron chi connectivity index (χ3n) is 2.40. The van der Waals surface area contributed by atoms with E-state index in [0.29, 0.717) is 5.41 Å². The average molecular weight is 212 g/mol. The van der Waals surface area contributed by atoms with E-state index in [9.17, 15) is 0 Å². The van der Waals surface area contributed by atoms with E-state index in [-0.39, 0.29) is 0 Å². The molecule has 0 unspecified atom stereocenters. The van der Waals surface area contributed by atoms with Crippen LogP contribution in [0, 0.1) is 0 Å². The Hall–Kier alpha value is -0.370. The molecule has 0 bridgehead atoms. The van der Waals surface area contributed by atoms with Crippen molar-refractivity contribution in [2.45, 2.75) is 25.2 Å². The van der Waals surface area contributed by atoms with Crippen LogP contribution in [-0.4, -0.2) is 4.98 Å². The quantitative estimate of drug-likeness (QED) is 0.697. The van der Waals surface area contributed by atoms with Crippen molar-refractivity contribution in [3.8, 4) is 0 Å². The third kappa shape index (κ3) is 1.32. The zero-order valence-corrected chi connectivity index (χ0v) is 8.06. The second-order valence-corrected chi connectivity index (χ2v) is 4.37. The summed E-state index contributed by atoms with van der Waals surface area (Å²) < 4.78 is 1.09. The maximum Gasteiger partial charge on any atom is 0.0410 e. The molecule has 1 heterocycles. The van der Waals surface area contributed by atoms with Crippen LogP contribution in [0.15, 0.2) is 22.9 Å². The van der Waals surface area contributed by atoms with Crippen LogP contribution in [0.5, 0.6) is 0 Å². The average Bonchev–Trinajstić information content (AvgIpc) is 2.70. The Kier molecular flexibility index (Phi) is 1.53. The number of pyridine rings is 1. The lowest BCUT2D eigenvalue weighted by Gasteiger charge is -2.06. The zero-order chi connectivity index (χ0) is 7.90. The topological polar surface area (TPSA) is 12.9 Å². The highest BCUT2D eigenvalue weighted by Crippen LogP contribution is 2.47. The standard InChI is InChI=1S/C9H10BrN/c1-9(2-3-9)7-4-8(10)6-11-5-7/h4-6H,2-3H2,1H3. The molecule has 1 saturated carbocycles. The van der Waals surface area contributed by atoms with E-state index in [4.69, 9.17) is 0 Å². The van der Waals surface area contributed by atoms with Gasteiger partial charge in [0.05, 0.1) is 0 Å². The molecule has 11 heavy (non-hydrogen) atoms. The third-order valence-corrected chi connectivity index (χ3v) is 2.84. The first kappa shape index (κ1) is 7.29. The predicted octanol–water partition coefficient (Wildman–Crippen LogP) is 2.90. The normalized spacial score (nSPS) is 19.8. The lowest BCUT2D eigenvalue weighted by molar-refractivity contribution is 0.780. The first-order valence-electron chi connectivity index (χ1n) is 3.82. The van der Waals surface area contributed by atoms with Crippen molar-refractivity contribution in [2.24, 2.45) is 0 Å². The number of hydrogen-bond donors (Lipinski definition) is 0. The number of nitrogens with zero attached hydrogens (tertiary/aromatic N) is 1. The van der Waals surface area contributed by atoms with Gasteiger partial charge in [-0.15, -0.1) is 0 Å². The SMILES string of the molecule is CC1(c2cncc(Br)c2)CC1. The van der Waals surface area contributed by atoms with E-state index in [0.717, 1.165) is 4.47 Å². The van der Waals surface area contributed by atoms with Crippen LogP contribution in [0.25, 0.3) is 0 Å². The maximum atomic E-state index is 4.14. The molecular formula is C9H10BrN. The largest absolute Gasteiger partial charge is 0.263 e. The summed E-state index contributed by atoms with van der Waals surface area (Å²) in [7, 11) is 0. The molecule has 0 spiro atoms. The second kappa shape index (κ2) is 2.31. The second-order valence-electron chi connectivity index (χ2n) is 3.45. The van der Waals surface area contributed by atoms with Gasteiger partial charge < -0.3 is 0 Å². The van der Waals surface area contributed by atoms with E-state index < -0.39 is 0 Å². The van der Waals surface area contributed by atoms with Gasteiger partial charge in [-0.25, -0.2) is 0 Å². The van der Waals surface area contributed by atoms with E-state index in [2.05, 4.69) is 33.9 Å². The van der Waals surface area contributed by atoms with Gasteiger partial charge in [-0.05, 0) is 45.8 Å². The molecule has 1 aromatic heterocycles. The highest BCUT2D eigenvalue weighted by Gasteiger charge is 2.39. The van der Waals surface area contributed by atoms with Crippen molar-refractivity contribution in [1.82, 2.24) is 4.98 Å². The van der Waals surface area contributed by atoms with Gasteiger partial charge in [0.2, 0.25) is 0 Å². The van der Waals surface area contributed by atoms with E-state index in [1.807, 2.05) is 12.4 Å². The highest BCUT2D eigenvalue weighted by atomic mass is 79.9. The smallest absolute Gasteiger partial charge is 0.0410 e. The fourth-order valence-corrected chi connectivity index (χ4v) is 1.58. The van der Waals surface area contributed by atoms with Crippen molar-refractivity contribution in [3.63, 3.8) is 0 Å². The van der Waals surface area contributed by atoms with Gasteiger partial charge in [0.25, 0.3) is 0 Å². The summed E-state index contributed by atoms with van der Waals surface area (Å²) >= 11 is 3.42. The van der Waals surface area contributed by atoms with Gasteiger partial charge in [0.1, 0.15) is 0 Å². The first-order valence-corrected chi connectivity index (χ1v) is 4.61. The van der Waals surface area contributed by atoms with Crippen LogP contribution in [-0.2, 0) is 5.41 Å². The Morgan fingerprint density at radius 3 is 2.73 bits per heavy atom. The van der Waals surface area contributed by atoms with Crippen LogP contribution in [0.1, 0.15) is 25.3 Å². The summed E-state index contributed by atoms with van der Waals surface area (Å²) in [6.07, 6.45) is 6.42. The molecule has 2 heteroatoms. The first-order chi connectivity index (χ1) is 5.21. The Balaban J connectivity index is 2.38. The molecule has 1 aromatic rings. The van der Waals surface area contributed by atoms with Gasteiger partial charge in [-0.1, -0.05) is 6.92 Å². The highest BCUT2D eigenvalue weighted by molar-refractivity contribution is 9.10. The predicted molar refractivity (Wildman–Crippen MR) is 48.5 cm³/mol. The molecule has 0 saturated heterocycles. The summed E-state index contributed by atoms with van der Waals surface area (Å²) in [5.74, 6) is 0. The molecule has 1 fully saturated rings. The molecular weight excluding hydrogens is 202 g/mol. The Morgan fingerprint density at radius 1 is 1.45 bits per heavy atom. The van der Waals surface area contributed by atoms with E-state index in [1.165, 1.54) is 18.4 Å². The van der Waals surface area contributed by atoms with Crippen molar-refractivity contribution in [1.29, 1.82) is 0 Å². The number of halogens is 1. The van der Waals surface area contributed by atoms with E-state index >= 15 is 0 Å². The van der Waals surface area contributed by atoms with Gasteiger partial charge in [-0.2, -0.15) is 0 Å². The van der Waals surface area contributed by atoms with Gasteiger partial charge >= 0.3 is 0 Å². The Labute approximate surface area is 75.0 Å². The molecule has 1 nitrogen and oxygen atoms in total. The molecule has 2 rings (SSSR count). The van der Waals surface area contributed by atoms with Crippen LogP contribution in [0.3, 0.4) is 0 Å². The minimum atomic E-state index is 0.441. The number of rotatable bonds is 1. The minimum Gasteiger partial charge on any atom is -0.263 e. The summed E-state index contributed by atoms with van der Waals surface area (Å²) in [6.45, 7) is 2.29. The van der Waals surface area contributed by atoms with Crippen molar-refractivity contribution in [3.05, 3.63) is 28.5 Å². The molecule has 0 radical (unpaired) electrons. The van der Waals surface area contributed by atoms with Gasteiger partial charge in [0.15, 0.2) is 0 Å². The fraction of sp³-hybridized carbons (Fsp3) is 0.444. The molecule has 1 aliphatic rings. The van der Waals surface area contributed by atoms with Crippen LogP contribution in [0.2, 0.25) is 0 Å². The maximum absolute atomic E-state index is 4.14. The molecule has 58 valence electrons. The lowest BCUT2D eigenvalue weighted by atomic mass is 10.0. The lowest BCUT2D eigenvalue weighted by Crippen LogP contribution is -1.99. The zero-order valence-electron chi connectivity index (χ0n) is 6.47. The van der Waals surface area contributed by atoms with Crippen LogP contribution in [0.4, 0.5) is 0 Å². The van der Waals surface area contributed by atoms with Crippen LogP contribution >= 0.6 is 15.9 Å². The van der Waals surface area contributed by atoms with E-state index in [1.54, 1.807) is 0 Å². The monoisotopic (exact) mass is 211 g/mol. The number of hydrogen-bond acceptors (Lipinski definition) is 1. The van der Waals surface area contributed by atoms with Crippen molar-refractivity contribution < 1.29 is 0 Å². The molecule has 0 aromatic carbocycles. The minimum absolute atomic E-state index is 0.441. The summed E-state index contributed by atoms with van der Waals surface area (Å²) in [4.78, 5) is 4.14. The summed E-state index contributed by atoms with van der Waals surface area (Å²) in [6, 6.07) is 2.17. The van der Waals surface area contributed by atoms with Crippen molar-refractivity contribution >= 4 is 15.9 Å². The van der Waals surface area contributed by atoms with Crippen LogP contribution < -0.4 is 0 Å². The van der Waals surface area contributed by atoms with Gasteiger partial charge in [-0.3, -0.25) is 4.98 Å². The van der Waals surface area contributed by atoms with Gasteiger partial charge in [0, 0.05) is 16.9 Å². The molecule has 0 amide bonds. The molecule has 0 atom stereocenters. The summed E-state index contributed by atoms with van der Waals surface area (Å²) in [5.41, 5.74) is 1.81. The molecule has 0 N–H and O–H groups in total. The summed E-state index contributed by atoms with van der Waals surface area (Å²) in [5, 5.41) is 0.